The number of carbonyl (C=O) groups is 1. The third-order valence-electron chi connectivity index (χ3n) is 3.06. The average molecular weight is 265 g/mol. The van der Waals surface area contributed by atoms with Crippen LogP contribution in [-0.2, 0) is 4.79 Å². The fourth-order valence-corrected chi connectivity index (χ4v) is 1.92. The number of nitro groups is 1. The molecule has 0 bridgehead atoms. The van der Waals surface area contributed by atoms with Crippen LogP contribution in [0.15, 0.2) is 30.3 Å². The minimum Gasteiger partial charge on any atom is -0.393 e. The highest BCUT2D eigenvalue weighted by Crippen LogP contribution is 2.33. The van der Waals surface area contributed by atoms with E-state index in [-0.39, 0.29) is 16.8 Å². The zero-order chi connectivity index (χ0) is 14.2. The molecule has 0 radical (unpaired) electrons. The minimum atomic E-state index is -2.28. The molecule has 19 heavy (non-hydrogen) atoms. The van der Waals surface area contributed by atoms with Crippen LogP contribution < -0.4 is 0 Å². The van der Waals surface area contributed by atoms with Gasteiger partial charge in [0.1, 0.15) is 6.10 Å². The second kappa shape index (κ2) is 4.54. The van der Waals surface area contributed by atoms with Crippen LogP contribution in [0, 0.1) is 10.1 Å². The molecule has 1 aromatic rings. The van der Waals surface area contributed by atoms with Crippen molar-refractivity contribution in [3.05, 3.63) is 46.0 Å². The van der Waals surface area contributed by atoms with Gasteiger partial charge in [-0.2, -0.15) is 0 Å². The molecule has 1 aliphatic carbocycles. The molecule has 1 aliphatic rings. The Morgan fingerprint density at radius 3 is 2.63 bits per heavy atom. The first kappa shape index (κ1) is 13.3. The van der Waals surface area contributed by atoms with E-state index in [1.165, 1.54) is 24.3 Å². The van der Waals surface area contributed by atoms with Gasteiger partial charge in [0.15, 0.2) is 11.4 Å². The predicted octanol–water partition coefficient (Wildman–Crippen LogP) is -0.355. The monoisotopic (exact) mass is 265 g/mol. The number of non-ortho nitro benzene ring substituents is 1. The van der Waals surface area contributed by atoms with Crippen LogP contribution in [0.25, 0.3) is 5.57 Å². The van der Waals surface area contributed by atoms with Gasteiger partial charge < -0.3 is 15.3 Å². The van der Waals surface area contributed by atoms with Crippen molar-refractivity contribution in [3.63, 3.8) is 0 Å². The van der Waals surface area contributed by atoms with Crippen molar-refractivity contribution in [2.75, 3.05) is 6.61 Å². The van der Waals surface area contributed by atoms with Gasteiger partial charge >= 0.3 is 0 Å². The first-order valence-corrected chi connectivity index (χ1v) is 5.43. The maximum absolute atomic E-state index is 11.9. The van der Waals surface area contributed by atoms with Crippen molar-refractivity contribution < 1.29 is 25.0 Å². The number of benzene rings is 1. The molecule has 0 aliphatic heterocycles. The molecule has 0 heterocycles. The Morgan fingerprint density at radius 2 is 2.11 bits per heavy atom. The lowest BCUT2D eigenvalue weighted by Crippen LogP contribution is -2.48. The van der Waals surface area contributed by atoms with Crippen molar-refractivity contribution in [2.45, 2.75) is 11.7 Å². The van der Waals surface area contributed by atoms with Gasteiger partial charge in [-0.15, -0.1) is 0 Å². The summed E-state index contributed by atoms with van der Waals surface area (Å²) < 4.78 is 0. The Morgan fingerprint density at radius 1 is 1.42 bits per heavy atom. The topological polar surface area (TPSA) is 121 Å². The summed E-state index contributed by atoms with van der Waals surface area (Å²) in [5, 5.41) is 39.1. The zero-order valence-corrected chi connectivity index (χ0v) is 9.68. The number of carbonyl (C=O) groups excluding carboxylic acids is 1. The van der Waals surface area contributed by atoms with Gasteiger partial charge in [-0.05, 0) is 11.6 Å². The van der Waals surface area contributed by atoms with Gasteiger partial charge in [-0.25, -0.2) is 0 Å². The standard InChI is InChI=1S/C12H11NO6/c14-6-12(17)10(15)5-9(11(12)16)7-2-1-3-8(4-7)13(18)19/h1-5,10,14-15,17H,6H2/t10-,12-/m0/s1. The molecule has 7 heteroatoms. The van der Waals surface area contributed by atoms with Crippen molar-refractivity contribution in [1.29, 1.82) is 0 Å². The van der Waals surface area contributed by atoms with Gasteiger partial charge in [0.25, 0.3) is 5.69 Å². The molecule has 0 fully saturated rings. The van der Waals surface area contributed by atoms with Crippen molar-refractivity contribution in [2.24, 2.45) is 0 Å². The molecular weight excluding hydrogens is 254 g/mol. The summed E-state index contributed by atoms with van der Waals surface area (Å²) in [4.78, 5) is 22.0. The highest BCUT2D eigenvalue weighted by molar-refractivity contribution is 6.27. The largest absolute Gasteiger partial charge is 0.393 e. The number of ketones is 1. The summed E-state index contributed by atoms with van der Waals surface area (Å²) >= 11 is 0. The quantitative estimate of drug-likeness (QED) is 0.507. The van der Waals surface area contributed by atoms with Crippen molar-refractivity contribution >= 4 is 17.0 Å². The van der Waals surface area contributed by atoms with Crippen LogP contribution in [0.5, 0.6) is 0 Å². The lowest BCUT2D eigenvalue weighted by atomic mass is 9.94. The van der Waals surface area contributed by atoms with Gasteiger partial charge in [0, 0.05) is 17.7 Å². The smallest absolute Gasteiger partial charge is 0.270 e. The van der Waals surface area contributed by atoms with Gasteiger partial charge in [0.05, 0.1) is 11.5 Å². The second-order valence-electron chi connectivity index (χ2n) is 4.24. The van der Waals surface area contributed by atoms with Crippen molar-refractivity contribution in [3.8, 4) is 0 Å². The van der Waals surface area contributed by atoms with E-state index in [1.807, 2.05) is 0 Å². The van der Waals surface area contributed by atoms with E-state index < -0.39 is 29.0 Å². The third kappa shape index (κ3) is 2.03. The number of aliphatic hydroxyl groups excluding tert-OH is 2. The summed E-state index contributed by atoms with van der Waals surface area (Å²) in [6.07, 6.45) is -0.461. The average Bonchev–Trinajstić information content (AvgIpc) is 2.64. The van der Waals surface area contributed by atoms with Gasteiger partial charge in [0.2, 0.25) is 0 Å². The molecule has 0 unspecified atom stereocenters. The molecular formula is C12H11NO6. The Labute approximate surface area is 107 Å². The van der Waals surface area contributed by atoms with Crippen LogP contribution in [0.1, 0.15) is 5.56 Å². The summed E-state index contributed by atoms with van der Waals surface area (Å²) in [5.41, 5.74) is -2.32. The fraction of sp³-hybridized carbons (Fsp3) is 0.250. The molecule has 3 N–H and O–H groups in total. The molecule has 2 atom stereocenters. The molecule has 100 valence electrons. The van der Waals surface area contributed by atoms with E-state index in [4.69, 9.17) is 5.11 Å². The summed E-state index contributed by atoms with van der Waals surface area (Å²) in [7, 11) is 0. The molecule has 0 amide bonds. The molecule has 0 saturated heterocycles. The number of nitro benzene ring substituents is 1. The van der Waals surface area contributed by atoms with E-state index in [9.17, 15) is 25.1 Å². The zero-order valence-electron chi connectivity index (χ0n) is 9.68. The van der Waals surface area contributed by atoms with Crippen LogP contribution in [0.4, 0.5) is 5.69 Å². The van der Waals surface area contributed by atoms with E-state index in [0.29, 0.717) is 0 Å². The van der Waals surface area contributed by atoms with Crippen LogP contribution in [0.3, 0.4) is 0 Å². The number of aliphatic hydroxyl groups is 3. The molecule has 2 rings (SSSR count). The number of nitrogens with zero attached hydrogens (tertiary/aromatic N) is 1. The normalized spacial score (nSPS) is 26.4. The Bertz CT molecular complexity index is 581. The number of hydrogen-bond donors (Lipinski definition) is 3. The minimum absolute atomic E-state index is 0.0484. The van der Waals surface area contributed by atoms with Crippen LogP contribution in [0.2, 0.25) is 0 Å². The van der Waals surface area contributed by atoms with Crippen LogP contribution >= 0.6 is 0 Å². The highest BCUT2D eigenvalue weighted by atomic mass is 16.6. The maximum atomic E-state index is 11.9. The summed E-state index contributed by atoms with van der Waals surface area (Å²) in [6.45, 7) is -0.929. The number of rotatable bonds is 3. The maximum Gasteiger partial charge on any atom is 0.270 e. The lowest BCUT2D eigenvalue weighted by Gasteiger charge is -2.22. The molecule has 1 aromatic carbocycles. The second-order valence-corrected chi connectivity index (χ2v) is 4.24. The summed E-state index contributed by atoms with van der Waals surface area (Å²) in [5.74, 6) is -0.858. The Hall–Kier alpha value is -2.09. The predicted molar refractivity (Wildman–Crippen MR) is 64.1 cm³/mol. The lowest BCUT2D eigenvalue weighted by molar-refractivity contribution is -0.384. The number of hydrogen-bond acceptors (Lipinski definition) is 6. The Balaban J connectivity index is 2.44. The van der Waals surface area contributed by atoms with Gasteiger partial charge in [-0.3, -0.25) is 14.9 Å². The Kier molecular flexibility index (Phi) is 3.19. The molecule has 7 nitrogen and oxygen atoms in total. The van der Waals surface area contributed by atoms with Gasteiger partial charge in [-0.1, -0.05) is 12.1 Å². The third-order valence-corrected chi connectivity index (χ3v) is 3.06. The first-order chi connectivity index (χ1) is 8.90. The molecule has 0 aromatic heterocycles. The first-order valence-electron chi connectivity index (χ1n) is 5.43. The molecule has 0 spiro atoms. The highest BCUT2D eigenvalue weighted by Gasteiger charge is 2.48. The van der Waals surface area contributed by atoms with E-state index in [0.717, 1.165) is 6.08 Å². The van der Waals surface area contributed by atoms with E-state index >= 15 is 0 Å². The van der Waals surface area contributed by atoms with Crippen molar-refractivity contribution in [1.82, 2.24) is 0 Å². The van der Waals surface area contributed by atoms with E-state index in [1.54, 1.807) is 0 Å². The fourth-order valence-electron chi connectivity index (χ4n) is 1.92. The van der Waals surface area contributed by atoms with E-state index in [2.05, 4.69) is 0 Å². The van der Waals surface area contributed by atoms with Crippen LogP contribution in [-0.4, -0.2) is 44.3 Å². The summed E-state index contributed by atoms with van der Waals surface area (Å²) in [6, 6.07) is 5.27. The SMILES string of the molecule is O=C1C(c2cccc([N+](=O)[O-])c2)=C[C@H](O)[C@@]1(O)CO. The molecule has 0 saturated carbocycles. The number of Topliss-reactive ketones (excluding diaryl/α,β-unsaturated/α-hetero) is 1.